The predicted molar refractivity (Wildman–Crippen MR) is 97.3 cm³/mol. The lowest BCUT2D eigenvalue weighted by atomic mass is 10.2. The Morgan fingerprint density at radius 3 is 2.63 bits per heavy atom. The highest BCUT2D eigenvalue weighted by atomic mass is 32.2. The summed E-state index contributed by atoms with van der Waals surface area (Å²) in [6.07, 6.45) is 2.23. The molecule has 2 aliphatic heterocycles. The van der Waals surface area contributed by atoms with E-state index in [9.17, 15) is 13.2 Å². The van der Waals surface area contributed by atoms with Crippen LogP contribution in [0.5, 0.6) is 0 Å². The van der Waals surface area contributed by atoms with E-state index in [0.717, 1.165) is 5.39 Å². The number of hydrogen-bond donors (Lipinski definition) is 1. The second-order valence-electron chi connectivity index (χ2n) is 6.57. The summed E-state index contributed by atoms with van der Waals surface area (Å²) in [5.41, 5.74) is 0.892. The van der Waals surface area contributed by atoms with Crippen LogP contribution < -0.4 is 0 Å². The number of ether oxygens (including phenoxy) is 1. The lowest BCUT2D eigenvalue weighted by molar-refractivity contribution is 0.0699. The van der Waals surface area contributed by atoms with Crippen molar-refractivity contribution in [2.75, 3.05) is 52.5 Å². The van der Waals surface area contributed by atoms with E-state index in [-0.39, 0.29) is 12.5 Å². The topological polar surface area (TPSA) is 112 Å². The molecule has 2 aliphatic rings. The molecule has 0 radical (unpaired) electrons. The van der Waals surface area contributed by atoms with Gasteiger partial charge in [0.1, 0.15) is 5.69 Å². The van der Waals surface area contributed by atoms with Gasteiger partial charge in [0.25, 0.3) is 16.1 Å². The van der Waals surface area contributed by atoms with Gasteiger partial charge in [-0.2, -0.15) is 22.1 Å². The minimum atomic E-state index is -3.52. The van der Waals surface area contributed by atoms with Crippen LogP contribution in [0.3, 0.4) is 0 Å². The fourth-order valence-corrected chi connectivity index (χ4v) is 4.99. The van der Waals surface area contributed by atoms with Crippen molar-refractivity contribution in [2.45, 2.75) is 6.42 Å². The van der Waals surface area contributed by atoms with Crippen LogP contribution in [0.15, 0.2) is 18.3 Å². The summed E-state index contributed by atoms with van der Waals surface area (Å²) in [5.74, 6) is -0.197. The number of fused-ring (bicyclic) bond motifs is 1. The Morgan fingerprint density at radius 1 is 1.04 bits per heavy atom. The molecule has 11 heteroatoms. The third kappa shape index (κ3) is 3.68. The molecule has 2 saturated heterocycles. The number of amides is 1. The van der Waals surface area contributed by atoms with Crippen LogP contribution in [0.2, 0.25) is 0 Å². The molecule has 0 saturated carbocycles. The number of carbonyl (C=O) groups is 1. The number of hydrogen-bond acceptors (Lipinski definition) is 6. The third-order valence-electron chi connectivity index (χ3n) is 4.88. The van der Waals surface area contributed by atoms with Gasteiger partial charge in [0.2, 0.25) is 0 Å². The van der Waals surface area contributed by atoms with Gasteiger partial charge in [-0.3, -0.25) is 9.89 Å². The lowest BCUT2D eigenvalue weighted by Crippen LogP contribution is -2.49. The third-order valence-corrected chi connectivity index (χ3v) is 6.92. The Kier molecular flexibility index (Phi) is 5.08. The average Bonchev–Trinajstić information content (AvgIpc) is 3.02. The highest BCUT2D eigenvalue weighted by molar-refractivity contribution is 7.86. The van der Waals surface area contributed by atoms with E-state index in [4.69, 9.17) is 4.74 Å². The Morgan fingerprint density at radius 2 is 1.81 bits per heavy atom. The molecule has 1 amide bonds. The first-order valence-electron chi connectivity index (χ1n) is 8.98. The Bertz CT molecular complexity index is 924. The van der Waals surface area contributed by atoms with Crippen LogP contribution in [0.4, 0.5) is 0 Å². The molecule has 146 valence electrons. The van der Waals surface area contributed by atoms with Crippen molar-refractivity contribution in [1.82, 2.24) is 28.7 Å². The largest absolute Gasteiger partial charge is 0.379 e. The average molecular weight is 394 g/mol. The smallest absolute Gasteiger partial charge is 0.282 e. The molecular weight excluding hydrogens is 372 g/mol. The van der Waals surface area contributed by atoms with E-state index < -0.39 is 10.2 Å². The van der Waals surface area contributed by atoms with Gasteiger partial charge >= 0.3 is 0 Å². The number of morpholine rings is 1. The molecule has 0 aromatic carbocycles. The van der Waals surface area contributed by atoms with Crippen molar-refractivity contribution in [3.8, 4) is 0 Å². The molecule has 1 N–H and O–H groups in total. The molecule has 0 unspecified atom stereocenters. The van der Waals surface area contributed by atoms with Crippen molar-refractivity contribution in [2.24, 2.45) is 0 Å². The highest BCUT2D eigenvalue weighted by Crippen LogP contribution is 2.16. The number of nitrogens with one attached hydrogen (secondary N) is 1. The van der Waals surface area contributed by atoms with E-state index >= 15 is 0 Å². The molecule has 2 aromatic heterocycles. The zero-order valence-corrected chi connectivity index (χ0v) is 15.7. The maximum atomic E-state index is 12.8. The molecule has 2 fully saturated rings. The van der Waals surface area contributed by atoms with Crippen LogP contribution >= 0.6 is 0 Å². The molecule has 2 aromatic rings. The number of nitrogens with zero attached hydrogens (tertiary/aromatic N) is 5. The fraction of sp³-hybridized carbons (Fsp3) is 0.562. The zero-order valence-electron chi connectivity index (χ0n) is 14.9. The zero-order chi connectivity index (χ0) is 18.9. The number of pyridine rings is 1. The van der Waals surface area contributed by atoms with Crippen LogP contribution in [-0.2, 0) is 14.9 Å². The number of H-pyrrole nitrogens is 1. The van der Waals surface area contributed by atoms with E-state index in [0.29, 0.717) is 63.7 Å². The minimum Gasteiger partial charge on any atom is -0.379 e. The van der Waals surface area contributed by atoms with E-state index in [2.05, 4.69) is 15.2 Å². The fourth-order valence-electron chi connectivity index (χ4n) is 3.38. The Labute approximate surface area is 157 Å². The number of carbonyl (C=O) groups excluding carboxylic acids is 1. The van der Waals surface area contributed by atoms with Crippen LogP contribution in [0, 0.1) is 0 Å². The van der Waals surface area contributed by atoms with Crippen molar-refractivity contribution < 1.29 is 17.9 Å². The van der Waals surface area contributed by atoms with Gasteiger partial charge in [-0.1, -0.05) is 0 Å². The first-order valence-corrected chi connectivity index (χ1v) is 10.4. The highest BCUT2D eigenvalue weighted by Gasteiger charge is 2.33. The lowest BCUT2D eigenvalue weighted by Gasteiger charge is -2.31. The molecular formula is C16H22N6O4S. The maximum Gasteiger partial charge on any atom is 0.282 e. The molecule has 0 spiro atoms. The van der Waals surface area contributed by atoms with Gasteiger partial charge in [-0.15, -0.1) is 0 Å². The van der Waals surface area contributed by atoms with Crippen LogP contribution in [-0.4, -0.2) is 95.5 Å². The summed E-state index contributed by atoms with van der Waals surface area (Å²) in [5, 5.41) is 7.51. The summed E-state index contributed by atoms with van der Waals surface area (Å²) in [6, 6.07) is 3.47. The van der Waals surface area contributed by atoms with Crippen molar-refractivity contribution in [1.29, 1.82) is 0 Å². The summed E-state index contributed by atoms with van der Waals surface area (Å²) in [7, 11) is -3.52. The van der Waals surface area contributed by atoms with Gasteiger partial charge in [0.05, 0.1) is 19.4 Å². The molecule has 10 nitrogen and oxygen atoms in total. The van der Waals surface area contributed by atoms with Gasteiger partial charge in [0, 0.05) is 44.7 Å². The van der Waals surface area contributed by atoms with Crippen LogP contribution in [0.25, 0.3) is 11.0 Å². The van der Waals surface area contributed by atoms with Gasteiger partial charge < -0.3 is 9.64 Å². The quantitative estimate of drug-likeness (QED) is 0.764. The summed E-state index contributed by atoms with van der Waals surface area (Å²) in [4.78, 5) is 18.8. The van der Waals surface area contributed by atoms with Gasteiger partial charge in [-0.05, 0) is 18.6 Å². The Balaban J connectivity index is 1.45. The van der Waals surface area contributed by atoms with Gasteiger partial charge in [-0.25, -0.2) is 4.98 Å². The molecule has 4 heterocycles. The minimum absolute atomic E-state index is 0.197. The normalized spacial score (nSPS) is 20.7. The summed E-state index contributed by atoms with van der Waals surface area (Å²) < 4.78 is 33.8. The monoisotopic (exact) mass is 394 g/mol. The summed E-state index contributed by atoms with van der Waals surface area (Å²) >= 11 is 0. The standard InChI is InChI=1S/C16H22N6O4S/c23-16(14-3-2-13-12-17-19-15(13)18-14)20-4-1-5-21(7-6-20)27(24,25)22-8-10-26-11-9-22/h2-3,12H,1,4-11H2,(H,17,18,19). The SMILES string of the molecule is O=C(c1ccc2cn[nH]c2n1)N1CCCN(S(=O)(=O)N2CCOCC2)CC1. The van der Waals surface area contributed by atoms with E-state index in [1.54, 1.807) is 23.2 Å². The van der Waals surface area contributed by atoms with Crippen LogP contribution in [0.1, 0.15) is 16.9 Å². The molecule has 27 heavy (non-hydrogen) atoms. The second-order valence-corrected chi connectivity index (χ2v) is 8.50. The molecule has 0 atom stereocenters. The number of aromatic amines is 1. The number of rotatable bonds is 3. The first kappa shape index (κ1) is 18.3. The first-order chi connectivity index (χ1) is 13.1. The van der Waals surface area contributed by atoms with Gasteiger partial charge in [0.15, 0.2) is 5.65 Å². The maximum absolute atomic E-state index is 12.8. The second kappa shape index (κ2) is 7.50. The summed E-state index contributed by atoms with van der Waals surface area (Å²) in [6.45, 7) is 3.08. The molecule has 0 bridgehead atoms. The van der Waals surface area contributed by atoms with E-state index in [1.165, 1.54) is 8.61 Å². The molecule has 0 aliphatic carbocycles. The predicted octanol–water partition coefficient (Wildman–Crippen LogP) is -0.317. The van der Waals surface area contributed by atoms with Crippen molar-refractivity contribution in [3.05, 3.63) is 24.0 Å². The molecule has 4 rings (SSSR count). The van der Waals surface area contributed by atoms with Crippen molar-refractivity contribution >= 4 is 27.1 Å². The van der Waals surface area contributed by atoms with Crippen molar-refractivity contribution in [3.63, 3.8) is 0 Å². The number of aromatic nitrogens is 3. The van der Waals surface area contributed by atoms with E-state index in [1.807, 2.05) is 0 Å². The Hall–Kier alpha value is -2.08.